The van der Waals surface area contributed by atoms with Crippen molar-refractivity contribution in [3.05, 3.63) is 29.3 Å². The molecule has 25 heavy (non-hydrogen) atoms. The lowest BCUT2D eigenvalue weighted by atomic mass is 10.0. The Hall–Kier alpha value is -1.45. The van der Waals surface area contributed by atoms with Gasteiger partial charge in [0.05, 0.1) is 12.3 Å². The molecular formula is C15H17ClF2N2O4S. The van der Waals surface area contributed by atoms with Crippen molar-refractivity contribution in [2.24, 2.45) is 0 Å². The highest BCUT2D eigenvalue weighted by molar-refractivity contribution is 7.89. The Labute approximate surface area is 149 Å². The van der Waals surface area contributed by atoms with Gasteiger partial charge in [0.1, 0.15) is 5.75 Å². The number of halogens is 3. The molecule has 6 nitrogen and oxygen atoms in total. The highest BCUT2D eigenvalue weighted by Gasteiger charge is 2.47. The van der Waals surface area contributed by atoms with Gasteiger partial charge in [-0.15, -0.1) is 0 Å². The normalized spacial score (nSPS) is 25.7. The third-order valence-electron chi connectivity index (χ3n) is 4.21. The van der Waals surface area contributed by atoms with Gasteiger partial charge in [-0.05, 0) is 30.7 Å². The van der Waals surface area contributed by atoms with Crippen molar-refractivity contribution in [2.45, 2.75) is 24.8 Å². The molecule has 2 heterocycles. The van der Waals surface area contributed by atoms with Crippen LogP contribution in [0.3, 0.4) is 0 Å². The van der Waals surface area contributed by atoms with Crippen LogP contribution in [0.25, 0.3) is 0 Å². The van der Waals surface area contributed by atoms with Crippen LogP contribution in [0, 0.1) is 0 Å². The fraction of sp³-hybridized carbons (Fsp3) is 0.533. The van der Waals surface area contributed by atoms with Gasteiger partial charge in [-0.3, -0.25) is 0 Å². The average Bonchev–Trinajstić information content (AvgIpc) is 2.87. The first-order valence-electron chi connectivity index (χ1n) is 7.76. The van der Waals surface area contributed by atoms with Gasteiger partial charge in [0.15, 0.2) is 0 Å². The summed E-state index contributed by atoms with van der Waals surface area (Å²) in [6.45, 7) is -0.728. The van der Waals surface area contributed by atoms with Crippen molar-refractivity contribution in [3.63, 3.8) is 0 Å². The Morgan fingerprint density at radius 3 is 2.56 bits per heavy atom. The Balaban J connectivity index is 1.74. The molecule has 3 rings (SSSR count). The summed E-state index contributed by atoms with van der Waals surface area (Å²) in [6, 6.07) is 4.97. The minimum atomic E-state index is -3.54. The molecule has 2 aliphatic heterocycles. The zero-order valence-corrected chi connectivity index (χ0v) is 14.8. The topological polar surface area (TPSA) is 66.9 Å². The second-order valence-corrected chi connectivity index (χ2v) is 8.67. The maximum atomic E-state index is 14.1. The molecule has 10 heteroatoms. The van der Waals surface area contributed by atoms with E-state index in [0.717, 1.165) is 9.21 Å². The predicted molar refractivity (Wildman–Crippen MR) is 87.5 cm³/mol. The van der Waals surface area contributed by atoms with Crippen LogP contribution < -0.4 is 4.74 Å². The van der Waals surface area contributed by atoms with E-state index < -0.39 is 41.0 Å². The zero-order chi connectivity index (χ0) is 18.2. The molecule has 1 atom stereocenters. The van der Waals surface area contributed by atoms with Crippen LogP contribution >= 0.6 is 11.6 Å². The number of rotatable bonds is 2. The summed E-state index contributed by atoms with van der Waals surface area (Å²) in [7, 11) is -3.54. The van der Waals surface area contributed by atoms with E-state index in [4.69, 9.17) is 16.3 Å². The number of sulfonamides is 1. The lowest BCUT2D eigenvalue weighted by Crippen LogP contribution is -2.57. The Bertz CT molecular complexity index is 757. The molecule has 2 aliphatic rings. The SMILES string of the molecule is O=C(Oc1ccc(Cl)cc1)N1C[C@H](N2CCCS2(=O)=O)CC(F)(F)C1. The second-order valence-electron chi connectivity index (χ2n) is 6.20. The van der Waals surface area contributed by atoms with Crippen LogP contribution in [0.15, 0.2) is 24.3 Å². The van der Waals surface area contributed by atoms with E-state index in [1.807, 2.05) is 0 Å². The van der Waals surface area contributed by atoms with Gasteiger partial charge >= 0.3 is 6.09 Å². The number of piperidine rings is 1. The van der Waals surface area contributed by atoms with Gasteiger partial charge in [0.25, 0.3) is 5.92 Å². The van der Waals surface area contributed by atoms with E-state index >= 15 is 0 Å². The molecule has 0 spiro atoms. The minimum absolute atomic E-state index is 0.0513. The molecule has 1 aromatic carbocycles. The third kappa shape index (κ3) is 4.21. The van der Waals surface area contributed by atoms with Crippen LogP contribution in [0.1, 0.15) is 12.8 Å². The van der Waals surface area contributed by atoms with Crippen molar-refractivity contribution >= 4 is 27.7 Å². The van der Waals surface area contributed by atoms with Gasteiger partial charge in [-0.25, -0.2) is 22.0 Å². The number of alkyl halides is 2. The number of likely N-dealkylation sites (tertiary alicyclic amines) is 1. The number of benzene rings is 1. The summed E-state index contributed by atoms with van der Waals surface area (Å²) < 4.78 is 58.3. The third-order valence-corrected chi connectivity index (χ3v) is 6.46. The second kappa shape index (κ2) is 6.69. The van der Waals surface area contributed by atoms with Crippen LogP contribution in [0.5, 0.6) is 5.75 Å². The van der Waals surface area contributed by atoms with Crippen LogP contribution in [-0.2, 0) is 10.0 Å². The van der Waals surface area contributed by atoms with Crippen LogP contribution in [-0.4, -0.2) is 61.1 Å². The van der Waals surface area contributed by atoms with Crippen molar-refractivity contribution < 1.29 is 26.7 Å². The monoisotopic (exact) mass is 394 g/mol. The molecule has 0 aliphatic carbocycles. The number of amides is 1. The lowest BCUT2D eigenvalue weighted by molar-refractivity contribution is -0.0760. The van der Waals surface area contributed by atoms with Crippen LogP contribution in [0.4, 0.5) is 13.6 Å². The molecule has 1 aromatic rings. The molecule has 0 aromatic heterocycles. The fourth-order valence-electron chi connectivity index (χ4n) is 3.14. The summed E-state index contributed by atoms with van der Waals surface area (Å²) >= 11 is 5.74. The van der Waals surface area contributed by atoms with Crippen molar-refractivity contribution in [2.75, 3.05) is 25.4 Å². The first-order chi connectivity index (χ1) is 11.7. The molecule has 0 bridgehead atoms. The van der Waals surface area contributed by atoms with Gasteiger partial charge in [0.2, 0.25) is 10.0 Å². The quantitative estimate of drug-likeness (QED) is 0.773. The molecule has 2 saturated heterocycles. The first-order valence-corrected chi connectivity index (χ1v) is 9.75. The van der Waals surface area contributed by atoms with Crippen LogP contribution in [0.2, 0.25) is 5.02 Å². The molecule has 138 valence electrons. The smallest absolute Gasteiger partial charge is 0.410 e. The number of carbonyl (C=O) groups excluding carboxylic acids is 1. The number of carbonyl (C=O) groups is 1. The van der Waals surface area contributed by atoms with Gasteiger partial charge in [-0.1, -0.05) is 11.6 Å². The maximum Gasteiger partial charge on any atom is 0.415 e. The zero-order valence-electron chi connectivity index (χ0n) is 13.2. The summed E-state index contributed by atoms with van der Waals surface area (Å²) in [4.78, 5) is 13.1. The highest BCUT2D eigenvalue weighted by Crippen LogP contribution is 2.33. The Morgan fingerprint density at radius 2 is 1.96 bits per heavy atom. The molecular weight excluding hydrogens is 378 g/mol. The largest absolute Gasteiger partial charge is 0.415 e. The Kier molecular flexibility index (Phi) is 4.91. The molecule has 2 fully saturated rings. The summed E-state index contributed by atoms with van der Waals surface area (Å²) in [5, 5.41) is 0.448. The van der Waals surface area contributed by atoms with Crippen molar-refractivity contribution in [1.82, 2.24) is 9.21 Å². The van der Waals surface area contributed by atoms with E-state index in [9.17, 15) is 22.0 Å². The molecule has 0 N–H and O–H groups in total. The number of hydrogen-bond donors (Lipinski definition) is 0. The molecule has 1 amide bonds. The Morgan fingerprint density at radius 1 is 1.28 bits per heavy atom. The summed E-state index contributed by atoms with van der Waals surface area (Å²) in [6.07, 6.45) is -1.14. The fourth-order valence-corrected chi connectivity index (χ4v) is 5.00. The summed E-state index contributed by atoms with van der Waals surface area (Å²) in [5.41, 5.74) is 0. The maximum absolute atomic E-state index is 14.1. The molecule has 0 radical (unpaired) electrons. The van der Waals surface area contributed by atoms with Crippen molar-refractivity contribution in [3.8, 4) is 5.75 Å². The van der Waals surface area contributed by atoms with E-state index in [1.165, 1.54) is 24.3 Å². The van der Waals surface area contributed by atoms with Gasteiger partial charge in [-0.2, -0.15) is 4.31 Å². The number of hydrogen-bond acceptors (Lipinski definition) is 4. The average molecular weight is 395 g/mol. The van der Waals surface area contributed by atoms with E-state index in [1.54, 1.807) is 0 Å². The van der Waals surface area contributed by atoms with E-state index in [-0.39, 0.29) is 24.6 Å². The summed E-state index contributed by atoms with van der Waals surface area (Å²) in [5.74, 6) is -3.06. The van der Waals surface area contributed by atoms with E-state index in [0.29, 0.717) is 11.4 Å². The molecule has 0 unspecified atom stereocenters. The lowest BCUT2D eigenvalue weighted by Gasteiger charge is -2.39. The number of nitrogens with zero attached hydrogens (tertiary/aromatic N) is 2. The number of ether oxygens (including phenoxy) is 1. The van der Waals surface area contributed by atoms with Gasteiger partial charge in [0, 0.05) is 30.6 Å². The van der Waals surface area contributed by atoms with E-state index in [2.05, 4.69) is 0 Å². The molecule has 0 saturated carbocycles. The first kappa shape index (κ1) is 18.3. The standard InChI is InChI=1S/C15H17ClF2N2O4S/c16-11-2-4-13(5-3-11)24-14(21)19-9-12(8-15(17,18)10-19)20-6-1-7-25(20,22)23/h2-5,12H,1,6-10H2/t12-/m1/s1. The minimum Gasteiger partial charge on any atom is -0.410 e. The predicted octanol–water partition coefficient (Wildman–Crippen LogP) is 2.58. The highest BCUT2D eigenvalue weighted by atomic mass is 35.5. The van der Waals surface area contributed by atoms with Gasteiger partial charge < -0.3 is 9.64 Å². The van der Waals surface area contributed by atoms with Crippen molar-refractivity contribution in [1.29, 1.82) is 0 Å².